The zero-order valence-corrected chi connectivity index (χ0v) is 7.65. The van der Waals surface area contributed by atoms with Crippen LogP contribution in [0.25, 0.3) is 0 Å². The van der Waals surface area contributed by atoms with Gasteiger partial charge in [0.2, 0.25) is 0 Å². The molecule has 0 aliphatic carbocycles. The summed E-state index contributed by atoms with van der Waals surface area (Å²) in [4.78, 5) is 15.1. The van der Waals surface area contributed by atoms with Gasteiger partial charge in [0.25, 0.3) is 5.91 Å². The lowest BCUT2D eigenvalue weighted by molar-refractivity contribution is 0.0950. The number of nitrogens with zero attached hydrogens (tertiary/aromatic N) is 1. The zero-order valence-electron chi connectivity index (χ0n) is 6.83. The van der Waals surface area contributed by atoms with Gasteiger partial charge < -0.3 is 10.6 Å². The molecule has 4 nitrogen and oxygen atoms in total. The summed E-state index contributed by atoms with van der Waals surface area (Å²) in [7, 11) is 1.84. The Morgan fingerprint density at radius 1 is 1.67 bits per heavy atom. The van der Waals surface area contributed by atoms with Crippen molar-refractivity contribution in [1.82, 2.24) is 15.6 Å². The molecule has 12 heavy (non-hydrogen) atoms. The van der Waals surface area contributed by atoms with Gasteiger partial charge in [-0.05, 0) is 7.05 Å². The van der Waals surface area contributed by atoms with Crippen LogP contribution in [-0.2, 0) is 0 Å². The summed E-state index contributed by atoms with van der Waals surface area (Å²) < 4.78 is 0. The quantitative estimate of drug-likeness (QED) is 0.654. The first-order chi connectivity index (χ1) is 5.84. The first-order valence-corrected chi connectivity index (χ1v) is 4.60. The molecule has 0 fully saturated rings. The first kappa shape index (κ1) is 9.15. The van der Waals surface area contributed by atoms with Gasteiger partial charge in [-0.15, -0.1) is 11.3 Å². The highest BCUT2D eigenvalue weighted by Gasteiger charge is 2.04. The van der Waals surface area contributed by atoms with Crippen molar-refractivity contribution in [2.45, 2.75) is 0 Å². The fraction of sp³-hybridized carbons (Fsp3) is 0.429. The summed E-state index contributed by atoms with van der Waals surface area (Å²) in [6.45, 7) is 1.41. The largest absolute Gasteiger partial charge is 0.349 e. The highest BCUT2D eigenvalue weighted by Crippen LogP contribution is 1.99. The molecule has 0 radical (unpaired) electrons. The van der Waals surface area contributed by atoms with Crippen LogP contribution in [0.4, 0.5) is 0 Å². The molecule has 0 saturated carbocycles. The number of thiazole rings is 1. The van der Waals surface area contributed by atoms with Gasteiger partial charge in [-0.1, -0.05) is 0 Å². The third-order valence-corrected chi connectivity index (χ3v) is 1.91. The van der Waals surface area contributed by atoms with E-state index in [1.54, 1.807) is 10.9 Å². The molecule has 0 saturated heterocycles. The van der Waals surface area contributed by atoms with Gasteiger partial charge in [0.15, 0.2) is 0 Å². The average molecular weight is 185 g/mol. The fourth-order valence-electron chi connectivity index (χ4n) is 0.716. The van der Waals surface area contributed by atoms with E-state index in [4.69, 9.17) is 0 Å². The molecule has 1 heterocycles. The highest BCUT2D eigenvalue weighted by molar-refractivity contribution is 7.07. The van der Waals surface area contributed by atoms with Crippen LogP contribution in [0.1, 0.15) is 10.5 Å². The summed E-state index contributed by atoms with van der Waals surface area (Å²) in [6, 6.07) is 0. The van der Waals surface area contributed by atoms with E-state index in [-0.39, 0.29) is 5.91 Å². The van der Waals surface area contributed by atoms with Gasteiger partial charge in [0, 0.05) is 18.5 Å². The van der Waals surface area contributed by atoms with Crippen molar-refractivity contribution in [1.29, 1.82) is 0 Å². The number of rotatable bonds is 4. The predicted molar refractivity (Wildman–Crippen MR) is 48.4 cm³/mol. The molecule has 1 rings (SSSR count). The van der Waals surface area contributed by atoms with E-state index in [2.05, 4.69) is 15.6 Å². The van der Waals surface area contributed by atoms with Gasteiger partial charge in [-0.2, -0.15) is 0 Å². The number of hydrogen-bond acceptors (Lipinski definition) is 4. The Hall–Kier alpha value is -0.940. The Morgan fingerprint density at radius 3 is 3.08 bits per heavy atom. The third-order valence-electron chi connectivity index (χ3n) is 1.33. The molecular formula is C7H11N3OS. The average Bonchev–Trinajstić information content (AvgIpc) is 2.56. The molecule has 66 valence electrons. The van der Waals surface area contributed by atoms with Crippen molar-refractivity contribution in [2.24, 2.45) is 0 Å². The van der Waals surface area contributed by atoms with Crippen LogP contribution in [0, 0.1) is 0 Å². The fourth-order valence-corrected chi connectivity index (χ4v) is 1.25. The molecule has 0 unspecified atom stereocenters. The monoisotopic (exact) mass is 185 g/mol. The van der Waals surface area contributed by atoms with Crippen LogP contribution in [0.3, 0.4) is 0 Å². The molecular weight excluding hydrogens is 174 g/mol. The van der Waals surface area contributed by atoms with E-state index in [0.29, 0.717) is 12.2 Å². The summed E-state index contributed by atoms with van der Waals surface area (Å²) in [6.07, 6.45) is 0. The molecule has 1 amide bonds. The minimum Gasteiger partial charge on any atom is -0.349 e. The Kier molecular flexibility index (Phi) is 3.69. The van der Waals surface area contributed by atoms with E-state index < -0.39 is 0 Å². The smallest absolute Gasteiger partial charge is 0.270 e. The number of nitrogens with one attached hydrogen (secondary N) is 2. The maximum atomic E-state index is 11.2. The summed E-state index contributed by atoms with van der Waals surface area (Å²) in [5, 5.41) is 7.40. The van der Waals surface area contributed by atoms with Crippen molar-refractivity contribution in [3.05, 3.63) is 16.6 Å². The predicted octanol–water partition coefficient (Wildman–Crippen LogP) is 0.0923. The van der Waals surface area contributed by atoms with E-state index >= 15 is 0 Å². The number of carbonyl (C=O) groups excluding carboxylic acids is 1. The molecule has 0 aliphatic rings. The zero-order chi connectivity index (χ0) is 8.81. The van der Waals surface area contributed by atoms with Gasteiger partial charge >= 0.3 is 0 Å². The van der Waals surface area contributed by atoms with E-state index in [0.717, 1.165) is 6.54 Å². The van der Waals surface area contributed by atoms with Crippen LogP contribution in [-0.4, -0.2) is 31.0 Å². The van der Waals surface area contributed by atoms with E-state index in [1.165, 1.54) is 11.3 Å². The van der Waals surface area contributed by atoms with Crippen LogP contribution in [0.2, 0.25) is 0 Å². The Bertz CT molecular complexity index is 235. The van der Waals surface area contributed by atoms with Crippen molar-refractivity contribution in [3.63, 3.8) is 0 Å². The molecule has 0 atom stereocenters. The third kappa shape index (κ3) is 2.60. The van der Waals surface area contributed by atoms with Gasteiger partial charge in [-0.3, -0.25) is 4.79 Å². The Labute approximate surface area is 75.0 Å². The number of hydrogen-bond donors (Lipinski definition) is 2. The second kappa shape index (κ2) is 4.84. The second-order valence-electron chi connectivity index (χ2n) is 2.23. The minimum absolute atomic E-state index is 0.105. The molecule has 0 bridgehead atoms. The SMILES string of the molecule is CNCCNC(=O)c1cscn1. The maximum absolute atomic E-state index is 11.2. The second-order valence-corrected chi connectivity index (χ2v) is 2.95. The number of carbonyl (C=O) groups is 1. The van der Waals surface area contributed by atoms with Crippen molar-refractivity contribution in [2.75, 3.05) is 20.1 Å². The number of amides is 1. The van der Waals surface area contributed by atoms with Crippen LogP contribution >= 0.6 is 11.3 Å². The van der Waals surface area contributed by atoms with Crippen LogP contribution < -0.4 is 10.6 Å². The molecule has 0 aliphatic heterocycles. The highest BCUT2D eigenvalue weighted by atomic mass is 32.1. The van der Waals surface area contributed by atoms with Crippen LogP contribution in [0.15, 0.2) is 10.9 Å². The first-order valence-electron chi connectivity index (χ1n) is 3.65. The van der Waals surface area contributed by atoms with E-state index in [9.17, 15) is 4.79 Å². The summed E-state index contributed by atoms with van der Waals surface area (Å²) in [5.74, 6) is -0.105. The lowest BCUT2D eigenvalue weighted by atomic mass is 10.4. The normalized spacial score (nSPS) is 9.75. The summed E-state index contributed by atoms with van der Waals surface area (Å²) >= 11 is 1.42. The van der Waals surface area contributed by atoms with Crippen molar-refractivity contribution < 1.29 is 4.79 Å². The lowest BCUT2D eigenvalue weighted by Gasteiger charge is -2.00. The molecule has 2 N–H and O–H groups in total. The summed E-state index contributed by atoms with van der Waals surface area (Å²) in [5.41, 5.74) is 2.14. The maximum Gasteiger partial charge on any atom is 0.270 e. The minimum atomic E-state index is -0.105. The molecule has 1 aromatic rings. The van der Waals surface area contributed by atoms with Gasteiger partial charge in [0.05, 0.1) is 5.51 Å². The lowest BCUT2D eigenvalue weighted by Crippen LogP contribution is -2.30. The van der Waals surface area contributed by atoms with Gasteiger partial charge in [-0.25, -0.2) is 4.98 Å². The molecule has 5 heteroatoms. The standard InChI is InChI=1S/C7H11N3OS/c1-8-2-3-9-7(11)6-4-12-5-10-6/h4-5,8H,2-3H2,1H3,(H,9,11). The van der Waals surface area contributed by atoms with E-state index in [1.807, 2.05) is 7.05 Å². The van der Waals surface area contributed by atoms with Crippen LogP contribution in [0.5, 0.6) is 0 Å². The number of aromatic nitrogens is 1. The van der Waals surface area contributed by atoms with Gasteiger partial charge in [0.1, 0.15) is 5.69 Å². The molecule has 0 aromatic carbocycles. The Balaban J connectivity index is 2.30. The number of likely N-dealkylation sites (N-methyl/N-ethyl adjacent to an activating group) is 1. The molecule has 1 aromatic heterocycles. The van der Waals surface area contributed by atoms with Crippen molar-refractivity contribution >= 4 is 17.2 Å². The Morgan fingerprint density at radius 2 is 2.50 bits per heavy atom. The van der Waals surface area contributed by atoms with Crippen molar-refractivity contribution in [3.8, 4) is 0 Å². The molecule has 0 spiro atoms. The topological polar surface area (TPSA) is 54.0 Å².